The second-order valence-corrected chi connectivity index (χ2v) is 9.24. The predicted octanol–water partition coefficient (Wildman–Crippen LogP) is 3.21. The van der Waals surface area contributed by atoms with Gasteiger partial charge in [-0.2, -0.15) is 5.10 Å². The van der Waals surface area contributed by atoms with Gasteiger partial charge in [-0.15, -0.1) is 0 Å². The topological polar surface area (TPSA) is 93.5 Å². The van der Waals surface area contributed by atoms with Gasteiger partial charge in [-0.1, -0.05) is 30.3 Å². The Kier molecular flexibility index (Phi) is 5.63. The molecule has 1 atom stereocenters. The number of fused-ring (bicyclic) bond motifs is 1. The van der Waals surface area contributed by atoms with E-state index >= 15 is 0 Å². The molecule has 0 radical (unpaired) electrons. The SMILES string of the molecule is CCn1ncc2ccc(NS(=O)(=O)[C@@H]3CCN(C(=O)OCc4ccccc4)C3)cc21. The molecule has 1 fully saturated rings. The fraction of sp³-hybridized carbons (Fsp3) is 0.333. The first-order valence-corrected chi connectivity index (χ1v) is 11.4. The lowest BCUT2D eigenvalue weighted by Crippen LogP contribution is -2.34. The van der Waals surface area contributed by atoms with Gasteiger partial charge in [0.25, 0.3) is 0 Å². The van der Waals surface area contributed by atoms with Gasteiger partial charge in [0, 0.05) is 25.0 Å². The summed E-state index contributed by atoms with van der Waals surface area (Å²) in [5.41, 5.74) is 2.25. The van der Waals surface area contributed by atoms with Crippen LogP contribution >= 0.6 is 0 Å². The molecule has 1 saturated heterocycles. The summed E-state index contributed by atoms with van der Waals surface area (Å²) in [6, 6.07) is 14.7. The van der Waals surface area contributed by atoms with Crippen molar-refractivity contribution in [3.8, 4) is 0 Å². The number of sulfonamides is 1. The van der Waals surface area contributed by atoms with Crippen LogP contribution in [0.25, 0.3) is 10.9 Å². The average Bonchev–Trinajstić information content (AvgIpc) is 3.40. The highest BCUT2D eigenvalue weighted by atomic mass is 32.2. The van der Waals surface area contributed by atoms with Crippen molar-refractivity contribution in [2.24, 2.45) is 0 Å². The molecule has 30 heavy (non-hydrogen) atoms. The second-order valence-electron chi connectivity index (χ2n) is 7.28. The first kappa shape index (κ1) is 20.2. The van der Waals surface area contributed by atoms with Crippen LogP contribution in [0, 0.1) is 0 Å². The molecule has 0 aliphatic carbocycles. The zero-order valence-corrected chi connectivity index (χ0v) is 17.5. The number of ether oxygens (including phenoxy) is 1. The Morgan fingerprint density at radius 2 is 2.03 bits per heavy atom. The summed E-state index contributed by atoms with van der Waals surface area (Å²) in [4.78, 5) is 13.8. The number of nitrogens with zero attached hydrogens (tertiary/aromatic N) is 3. The molecule has 4 rings (SSSR count). The number of carbonyl (C=O) groups excluding carboxylic acids is 1. The van der Waals surface area contributed by atoms with E-state index < -0.39 is 21.4 Å². The minimum Gasteiger partial charge on any atom is -0.445 e. The highest BCUT2D eigenvalue weighted by molar-refractivity contribution is 7.93. The molecule has 0 saturated carbocycles. The van der Waals surface area contributed by atoms with E-state index in [4.69, 9.17) is 4.74 Å². The quantitative estimate of drug-likeness (QED) is 0.651. The Morgan fingerprint density at radius 1 is 1.23 bits per heavy atom. The minimum atomic E-state index is -3.65. The summed E-state index contributed by atoms with van der Waals surface area (Å²) >= 11 is 0. The van der Waals surface area contributed by atoms with E-state index in [1.165, 1.54) is 4.90 Å². The summed E-state index contributed by atoms with van der Waals surface area (Å²) in [5, 5.41) is 4.54. The highest BCUT2D eigenvalue weighted by Crippen LogP contribution is 2.24. The molecule has 1 amide bonds. The van der Waals surface area contributed by atoms with Gasteiger partial charge in [-0.25, -0.2) is 13.2 Å². The summed E-state index contributed by atoms with van der Waals surface area (Å²) in [6.07, 6.45) is 1.63. The third-order valence-electron chi connectivity index (χ3n) is 5.25. The van der Waals surface area contributed by atoms with Crippen LogP contribution in [0.1, 0.15) is 18.9 Å². The van der Waals surface area contributed by atoms with E-state index in [0.717, 1.165) is 16.5 Å². The first-order valence-electron chi connectivity index (χ1n) is 9.89. The third-order valence-corrected chi connectivity index (χ3v) is 7.03. The highest BCUT2D eigenvalue weighted by Gasteiger charge is 2.36. The van der Waals surface area contributed by atoms with Gasteiger partial charge in [0.15, 0.2) is 0 Å². The Labute approximate surface area is 175 Å². The lowest BCUT2D eigenvalue weighted by atomic mass is 10.2. The molecule has 3 aromatic rings. The number of likely N-dealkylation sites (tertiary alicyclic amines) is 1. The molecule has 158 valence electrons. The largest absolute Gasteiger partial charge is 0.445 e. The van der Waals surface area contributed by atoms with E-state index in [1.54, 1.807) is 18.3 Å². The van der Waals surface area contributed by atoms with Crippen LogP contribution in [0.3, 0.4) is 0 Å². The molecule has 2 heterocycles. The molecule has 1 aliphatic heterocycles. The Bertz CT molecular complexity index is 1140. The smallest absolute Gasteiger partial charge is 0.410 e. The van der Waals surface area contributed by atoms with Gasteiger partial charge < -0.3 is 9.64 Å². The van der Waals surface area contributed by atoms with Crippen molar-refractivity contribution in [3.05, 3.63) is 60.3 Å². The number of rotatable bonds is 6. The fourth-order valence-corrected chi connectivity index (χ4v) is 5.01. The van der Waals surface area contributed by atoms with Gasteiger partial charge in [0.2, 0.25) is 10.0 Å². The molecular weight excluding hydrogens is 404 g/mol. The normalized spacial score (nSPS) is 16.7. The van der Waals surface area contributed by atoms with Gasteiger partial charge in [0.05, 0.1) is 22.7 Å². The number of benzene rings is 2. The van der Waals surface area contributed by atoms with E-state index in [1.807, 2.05) is 48.0 Å². The number of aromatic nitrogens is 2. The number of carbonyl (C=O) groups is 1. The van der Waals surface area contributed by atoms with Gasteiger partial charge in [-0.05, 0) is 37.1 Å². The molecule has 0 spiro atoms. The van der Waals surface area contributed by atoms with Crippen LogP contribution in [0.4, 0.5) is 10.5 Å². The van der Waals surface area contributed by atoms with Crippen LogP contribution in [0.2, 0.25) is 0 Å². The predicted molar refractivity (Wildman–Crippen MR) is 115 cm³/mol. The molecule has 1 N–H and O–H groups in total. The maximum atomic E-state index is 12.9. The van der Waals surface area contributed by atoms with Crippen LogP contribution in [0.5, 0.6) is 0 Å². The molecule has 2 aromatic carbocycles. The fourth-order valence-electron chi connectivity index (χ4n) is 3.59. The number of aryl methyl sites for hydroxylation is 1. The van der Waals surface area contributed by atoms with Crippen molar-refractivity contribution in [2.45, 2.75) is 31.7 Å². The van der Waals surface area contributed by atoms with Crippen LogP contribution < -0.4 is 4.72 Å². The van der Waals surface area contributed by atoms with E-state index in [-0.39, 0.29) is 13.2 Å². The molecular formula is C21H24N4O4S. The van der Waals surface area contributed by atoms with Crippen LogP contribution in [0.15, 0.2) is 54.7 Å². The molecule has 1 aliphatic rings. The maximum absolute atomic E-state index is 12.9. The van der Waals surface area contributed by atoms with Crippen molar-refractivity contribution in [1.82, 2.24) is 14.7 Å². The van der Waals surface area contributed by atoms with Gasteiger partial charge >= 0.3 is 6.09 Å². The molecule has 8 nitrogen and oxygen atoms in total. The Morgan fingerprint density at radius 3 is 2.80 bits per heavy atom. The van der Waals surface area contributed by atoms with Gasteiger partial charge in [-0.3, -0.25) is 9.40 Å². The van der Waals surface area contributed by atoms with E-state index in [0.29, 0.717) is 25.2 Å². The molecule has 9 heteroatoms. The number of nitrogens with one attached hydrogen (secondary N) is 1. The van der Waals surface area contributed by atoms with Crippen LogP contribution in [-0.4, -0.2) is 47.5 Å². The number of amides is 1. The summed E-state index contributed by atoms with van der Waals surface area (Å²) in [5.74, 6) is 0. The van der Waals surface area contributed by atoms with E-state index in [9.17, 15) is 13.2 Å². The van der Waals surface area contributed by atoms with Crippen molar-refractivity contribution >= 4 is 32.7 Å². The number of anilines is 1. The zero-order valence-electron chi connectivity index (χ0n) is 16.7. The van der Waals surface area contributed by atoms with Crippen LogP contribution in [-0.2, 0) is 27.9 Å². The van der Waals surface area contributed by atoms with Crippen molar-refractivity contribution in [3.63, 3.8) is 0 Å². The minimum absolute atomic E-state index is 0.109. The monoisotopic (exact) mass is 428 g/mol. The van der Waals surface area contributed by atoms with Crippen molar-refractivity contribution < 1.29 is 17.9 Å². The third kappa shape index (κ3) is 4.25. The van der Waals surface area contributed by atoms with Gasteiger partial charge in [0.1, 0.15) is 6.61 Å². The Hall–Kier alpha value is -3.07. The summed E-state index contributed by atoms with van der Waals surface area (Å²) in [7, 11) is -3.65. The first-order chi connectivity index (χ1) is 14.5. The number of hydrogen-bond donors (Lipinski definition) is 1. The second kappa shape index (κ2) is 8.35. The Balaban J connectivity index is 1.38. The summed E-state index contributed by atoms with van der Waals surface area (Å²) in [6.45, 7) is 3.30. The lowest BCUT2D eigenvalue weighted by Gasteiger charge is -2.17. The zero-order chi connectivity index (χ0) is 21.1. The summed E-state index contributed by atoms with van der Waals surface area (Å²) < 4.78 is 35.5. The average molecular weight is 429 g/mol. The number of hydrogen-bond acceptors (Lipinski definition) is 5. The molecule has 1 aromatic heterocycles. The molecule has 0 bridgehead atoms. The lowest BCUT2D eigenvalue weighted by molar-refractivity contribution is 0.104. The van der Waals surface area contributed by atoms with Crippen molar-refractivity contribution in [2.75, 3.05) is 17.8 Å². The van der Waals surface area contributed by atoms with E-state index in [2.05, 4.69) is 9.82 Å². The molecule has 0 unspecified atom stereocenters. The van der Waals surface area contributed by atoms with Crippen molar-refractivity contribution in [1.29, 1.82) is 0 Å². The maximum Gasteiger partial charge on any atom is 0.410 e. The standard InChI is InChI=1S/C21H24N4O4S/c1-2-25-20-12-18(9-8-17(20)13-22-25)23-30(27,28)19-10-11-24(14-19)21(26)29-15-16-6-4-3-5-7-16/h3-9,12-13,19,23H,2,10-11,14-15H2,1H3/t19-/m1/s1.